The molecule has 3 fully saturated rings. The zero-order chi connectivity index (χ0) is 50.6. The van der Waals surface area contributed by atoms with Gasteiger partial charge >= 0.3 is 5.97 Å². The average Bonchev–Trinajstić information content (AvgIpc) is 3.88. The lowest BCUT2D eigenvalue weighted by atomic mass is 9.77. The lowest BCUT2D eigenvalue weighted by Crippen LogP contribution is -2.61. The van der Waals surface area contributed by atoms with Gasteiger partial charge in [-0.15, -0.1) is 5.10 Å². The highest BCUT2D eigenvalue weighted by Crippen LogP contribution is 2.39. The summed E-state index contributed by atoms with van der Waals surface area (Å²) in [5, 5.41) is 35.2. The molecule has 4 aliphatic rings. The van der Waals surface area contributed by atoms with E-state index < -0.39 is 77.8 Å². The van der Waals surface area contributed by atoms with Crippen LogP contribution in [0, 0.1) is 35.5 Å². The predicted molar refractivity (Wildman–Crippen MR) is 256 cm³/mol. The first-order valence-electron chi connectivity index (χ1n) is 25.0. The van der Waals surface area contributed by atoms with Gasteiger partial charge in [0.1, 0.15) is 24.6 Å². The second-order valence-corrected chi connectivity index (χ2v) is 20.4. The highest BCUT2D eigenvalue weighted by atomic mass is 16.6. The number of cyclic esters (lactones) is 1. The van der Waals surface area contributed by atoms with Crippen molar-refractivity contribution >= 4 is 29.2 Å². The average molecular weight is 966 g/mol. The SMILES string of the molecule is COC1C(=O)C(C)C[C@H](C)C=CC=CC=C(C)[C@@H](OC)CC2CC[C@@H](C)[C@@](O)(O2)C(=O)C(=O)N2CCCC[C@H]2C(=O)O[C@H]([C@H](C)C[C@@H]2CC[C@H](n3cnnn3)[C@H](OC)C2)CC(=O)C(C)=CC(C)[C@H]1O. The number of methoxy groups -OCH3 is 3. The van der Waals surface area contributed by atoms with Crippen LogP contribution in [0.4, 0.5) is 0 Å². The molecule has 0 spiro atoms. The van der Waals surface area contributed by atoms with Crippen LogP contribution >= 0.6 is 0 Å². The van der Waals surface area contributed by atoms with Crippen molar-refractivity contribution in [1.29, 1.82) is 0 Å². The minimum absolute atomic E-state index is 0.0197. The van der Waals surface area contributed by atoms with Gasteiger partial charge < -0.3 is 38.8 Å². The van der Waals surface area contributed by atoms with Crippen molar-refractivity contribution in [2.45, 2.75) is 180 Å². The van der Waals surface area contributed by atoms with Gasteiger partial charge in [-0.3, -0.25) is 19.2 Å². The molecular weight excluding hydrogens is 887 g/mol. The van der Waals surface area contributed by atoms with Gasteiger partial charge in [0, 0.05) is 58.5 Å². The number of rotatable bonds is 7. The molecule has 3 aliphatic heterocycles. The van der Waals surface area contributed by atoms with Gasteiger partial charge in [-0.05, 0) is 117 Å². The van der Waals surface area contributed by atoms with E-state index in [0.717, 1.165) is 18.4 Å². The molecule has 5 rings (SSSR count). The number of esters is 1. The van der Waals surface area contributed by atoms with Gasteiger partial charge in [0.15, 0.2) is 11.6 Å². The molecule has 15 atom stereocenters. The molecule has 17 nitrogen and oxygen atoms in total. The lowest BCUT2D eigenvalue weighted by molar-refractivity contribution is -0.265. The number of aliphatic hydroxyl groups excluding tert-OH is 1. The Morgan fingerprint density at radius 1 is 0.899 bits per heavy atom. The second kappa shape index (κ2) is 25.7. The Hall–Kier alpha value is -4.26. The molecule has 4 heterocycles. The summed E-state index contributed by atoms with van der Waals surface area (Å²) in [6.07, 6.45) is 14.0. The maximum atomic E-state index is 14.5. The summed E-state index contributed by atoms with van der Waals surface area (Å²) < 4.78 is 31.6. The van der Waals surface area contributed by atoms with Crippen molar-refractivity contribution in [3.63, 3.8) is 0 Å². The number of hydrogen-bond acceptors (Lipinski definition) is 15. The van der Waals surface area contributed by atoms with Gasteiger partial charge in [0.2, 0.25) is 5.79 Å². The molecule has 69 heavy (non-hydrogen) atoms. The first kappa shape index (κ1) is 55.7. The zero-order valence-corrected chi connectivity index (χ0v) is 42.5. The topological polar surface area (TPSA) is 219 Å². The molecule has 384 valence electrons. The number of hydrogen-bond donors (Lipinski definition) is 2. The third-order valence-electron chi connectivity index (χ3n) is 15.2. The van der Waals surface area contributed by atoms with E-state index in [0.29, 0.717) is 56.9 Å². The number of allylic oxidation sites excluding steroid dienone is 6. The summed E-state index contributed by atoms with van der Waals surface area (Å²) in [5.74, 6) is -7.89. The number of Topliss-reactive ketones (excluding diaryl/α,β-unsaturated/α-hetero) is 3. The fraction of sp³-hybridized carbons (Fsp3) is 0.731. The van der Waals surface area contributed by atoms with Crippen molar-refractivity contribution in [3.8, 4) is 0 Å². The molecule has 2 saturated heterocycles. The Labute approximate surface area is 408 Å². The summed E-state index contributed by atoms with van der Waals surface area (Å²) in [4.78, 5) is 72.3. The fourth-order valence-electron chi connectivity index (χ4n) is 10.8. The number of ketones is 3. The highest BCUT2D eigenvalue weighted by Gasteiger charge is 2.53. The van der Waals surface area contributed by atoms with E-state index in [9.17, 15) is 34.2 Å². The van der Waals surface area contributed by atoms with Crippen molar-refractivity contribution in [2.75, 3.05) is 27.9 Å². The molecule has 2 bridgehead atoms. The monoisotopic (exact) mass is 966 g/mol. The third kappa shape index (κ3) is 14.2. The van der Waals surface area contributed by atoms with Gasteiger partial charge in [-0.2, -0.15) is 0 Å². The van der Waals surface area contributed by atoms with Gasteiger partial charge in [-0.25, -0.2) is 9.48 Å². The van der Waals surface area contributed by atoms with Gasteiger partial charge in [-0.1, -0.05) is 71.1 Å². The number of aromatic nitrogens is 4. The van der Waals surface area contributed by atoms with Crippen LogP contribution in [-0.2, 0) is 47.7 Å². The van der Waals surface area contributed by atoms with Crippen LogP contribution in [0.15, 0.2) is 53.9 Å². The Morgan fingerprint density at radius 3 is 2.33 bits per heavy atom. The van der Waals surface area contributed by atoms with E-state index >= 15 is 0 Å². The molecule has 0 aromatic carbocycles. The van der Waals surface area contributed by atoms with Crippen molar-refractivity contribution in [3.05, 3.63) is 53.9 Å². The molecule has 1 amide bonds. The molecule has 1 aromatic heterocycles. The van der Waals surface area contributed by atoms with Gasteiger partial charge in [0.25, 0.3) is 11.7 Å². The van der Waals surface area contributed by atoms with Crippen LogP contribution in [-0.4, -0.2) is 141 Å². The summed E-state index contributed by atoms with van der Waals surface area (Å²) in [5.41, 5.74) is 1.20. The maximum absolute atomic E-state index is 14.5. The highest BCUT2D eigenvalue weighted by molar-refractivity contribution is 6.39. The number of nitrogens with zero attached hydrogens (tertiary/aromatic N) is 5. The largest absolute Gasteiger partial charge is 0.460 e. The summed E-state index contributed by atoms with van der Waals surface area (Å²) in [7, 11) is 4.63. The van der Waals surface area contributed by atoms with Crippen molar-refractivity contribution in [2.24, 2.45) is 35.5 Å². The molecule has 17 heteroatoms. The third-order valence-corrected chi connectivity index (χ3v) is 15.2. The van der Waals surface area contributed by atoms with E-state index in [1.807, 2.05) is 58.1 Å². The minimum atomic E-state index is -2.43. The van der Waals surface area contributed by atoms with Crippen LogP contribution in [0.5, 0.6) is 0 Å². The molecular formula is C52H79N5O12. The maximum Gasteiger partial charge on any atom is 0.329 e. The molecule has 0 radical (unpaired) electrons. The Morgan fingerprint density at radius 2 is 1.65 bits per heavy atom. The summed E-state index contributed by atoms with van der Waals surface area (Å²) in [6.45, 7) is 12.8. The molecule has 1 aromatic rings. The van der Waals surface area contributed by atoms with Gasteiger partial charge in [0.05, 0.1) is 30.5 Å². The molecule has 1 aliphatic carbocycles. The minimum Gasteiger partial charge on any atom is -0.460 e. The number of carbonyl (C=O) groups excluding carboxylic acids is 5. The normalized spacial score (nSPS) is 36.3. The van der Waals surface area contributed by atoms with Crippen LogP contribution < -0.4 is 0 Å². The smallest absolute Gasteiger partial charge is 0.329 e. The van der Waals surface area contributed by atoms with E-state index in [1.165, 1.54) is 12.0 Å². The van der Waals surface area contributed by atoms with E-state index in [-0.39, 0.29) is 60.9 Å². The lowest BCUT2D eigenvalue weighted by Gasteiger charge is -2.42. The fourth-order valence-corrected chi connectivity index (χ4v) is 10.8. The summed E-state index contributed by atoms with van der Waals surface area (Å²) >= 11 is 0. The van der Waals surface area contributed by atoms with E-state index in [1.54, 1.807) is 52.1 Å². The standard InChI is InChI=1S/C52H79N5O12/c1-31-16-12-11-13-17-32(2)43(65-8)28-39-21-19-37(7)52(64,69-39)49(61)50(62)56-23-15-14-18-41(56)51(63)68-44(34(4)26-38-20-22-40(45(27-38)66-9)57-30-53-54-55-57)29-42(58)33(3)25-36(6)47(60)48(67-10)46(59)35(5)24-31/h11-13,16-17,25,30-31,34-41,43-45,47-48,60,64H,14-15,18-24,26-29H2,1-10H3/t31-,34-,35?,36?,37-,38+,39?,40+,41+,43+,44+,45-,47-,48?,52-/m1/s1. The number of piperidine rings is 1. The van der Waals surface area contributed by atoms with Crippen LogP contribution in [0.25, 0.3) is 0 Å². The first-order chi connectivity index (χ1) is 32.8. The molecule has 2 N–H and O–H groups in total. The zero-order valence-electron chi connectivity index (χ0n) is 42.5. The quantitative estimate of drug-likeness (QED) is 0.235. The van der Waals surface area contributed by atoms with Crippen LogP contribution in [0.2, 0.25) is 0 Å². The number of fused-ring (bicyclic) bond motifs is 3. The van der Waals surface area contributed by atoms with Crippen molar-refractivity contribution in [1.82, 2.24) is 25.1 Å². The summed E-state index contributed by atoms with van der Waals surface area (Å²) in [6, 6.07) is -1.20. The second-order valence-electron chi connectivity index (χ2n) is 20.4. The number of amides is 1. The number of carbonyl (C=O) groups is 5. The van der Waals surface area contributed by atoms with Crippen molar-refractivity contribution < 1.29 is 57.9 Å². The predicted octanol–water partition coefficient (Wildman–Crippen LogP) is 6.05. The molecule has 1 saturated carbocycles. The van der Waals surface area contributed by atoms with E-state index in [2.05, 4.69) is 15.5 Å². The molecule has 4 unspecified atom stereocenters. The Kier molecular flexibility index (Phi) is 20.8. The van der Waals surface area contributed by atoms with Crippen LogP contribution in [0.1, 0.15) is 132 Å². The van der Waals surface area contributed by atoms with E-state index in [4.69, 9.17) is 23.7 Å². The van der Waals surface area contributed by atoms with Crippen LogP contribution in [0.3, 0.4) is 0 Å². The number of ether oxygens (including phenoxy) is 5. The Bertz CT molecular complexity index is 2020. The number of aliphatic hydroxyl groups is 2. The number of tetrazole rings is 1. The Balaban J connectivity index is 1.46. The first-order valence-corrected chi connectivity index (χ1v) is 25.0.